The highest BCUT2D eigenvalue weighted by atomic mass is 79.9. The van der Waals surface area contributed by atoms with Crippen LogP contribution in [0.25, 0.3) is 27.7 Å². The molecule has 60 heavy (non-hydrogen) atoms. The van der Waals surface area contributed by atoms with Gasteiger partial charge >= 0.3 is 5.97 Å². The Labute approximate surface area is 371 Å². The van der Waals surface area contributed by atoms with Gasteiger partial charge in [0.2, 0.25) is 0 Å². The topological polar surface area (TPSA) is 94.8 Å². The summed E-state index contributed by atoms with van der Waals surface area (Å²) >= 11 is 18.8. The summed E-state index contributed by atoms with van der Waals surface area (Å²) in [6.07, 6.45) is 0.241. The van der Waals surface area contributed by atoms with Crippen LogP contribution in [0.1, 0.15) is 57.3 Å². The van der Waals surface area contributed by atoms with Crippen LogP contribution in [-0.2, 0) is 18.0 Å². The zero-order valence-electron chi connectivity index (χ0n) is 32.1. The van der Waals surface area contributed by atoms with Crippen molar-refractivity contribution >= 4 is 83.4 Å². The molecule has 6 aromatic carbocycles. The number of fused-ring (bicyclic) bond motifs is 1. The molecule has 7 nitrogen and oxygen atoms in total. The number of rotatable bonds is 13. The first-order valence-electron chi connectivity index (χ1n) is 18.4. The third-order valence-corrected chi connectivity index (χ3v) is 10.8. The van der Waals surface area contributed by atoms with Crippen LogP contribution in [-0.4, -0.2) is 27.2 Å². The number of benzene rings is 6. The summed E-state index contributed by atoms with van der Waals surface area (Å²) in [6, 6.07) is 34.3. The van der Waals surface area contributed by atoms with Crippen molar-refractivity contribution in [3.8, 4) is 28.4 Å². The maximum absolute atomic E-state index is 14.4. The van der Waals surface area contributed by atoms with Crippen LogP contribution >= 0.6 is 55.1 Å². The molecule has 0 radical (unpaired) electrons. The van der Waals surface area contributed by atoms with Gasteiger partial charge in [0, 0.05) is 59.9 Å². The van der Waals surface area contributed by atoms with Gasteiger partial charge in [-0.25, -0.2) is 13.6 Å². The van der Waals surface area contributed by atoms with E-state index < -0.39 is 11.8 Å². The first-order chi connectivity index (χ1) is 28.7. The zero-order chi connectivity index (χ0) is 43.1. The standard InChI is InChI=1S/C29H20BrClFNO3.C18H15BrClFO3/c1-17-6-10-27(33(17)22-12-18-4-2-3-5-23(18)24(15-22)29(34)35)25-14-21(31)9-11-28(25)36-16-19-7-8-20(30)13-26(19)32;1-11(22)2-6-17(23)15-9-14(20)5-7-18(15)24-10-12-3-4-13(19)8-16(12)21/h2-15H,16H2,1H3,(H,34,35);3-5,7-9H,2,6,10H2,1H3. The van der Waals surface area contributed by atoms with Gasteiger partial charge in [0.1, 0.15) is 42.1 Å². The van der Waals surface area contributed by atoms with E-state index in [4.69, 9.17) is 32.7 Å². The van der Waals surface area contributed by atoms with Crippen molar-refractivity contribution in [2.24, 2.45) is 0 Å². The van der Waals surface area contributed by atoms with Crippen LogP contribution in [0.5, 0.6) is 11.5 Å². The van der Waals surface area contributed by atoms with E-state index in [1.165, 1.54) is 25.1 Å². The van der Waals surface area contributed by atoms with E-state index in [-0.39, 0.29) is 49.0 Å². The van der Waals surface area contributed by atoms with Crippen molar-refractivity contribution in [1.82, 2.24) is 4.57 Å². The molecule has 0 aliphatic carbocycles. The number of carbonyl (C=O) groups excluding carboxylic acids is 2. The van der Waals surface area contributed by atoms with E-state index in [0.29, 0.717) is 63.8 Å². The van der Waals surface area contributed by atoms with E-state index in [2.05, 4.69) is 31.9 Å². The van der Waals surface area contributed by atoms with Crippen molar-refractivity contribution < 1.29 is 37.7 Å². The number of ketones is 2. The normalized spacial score (nSPS) is 10.9. The van der Waals surface area contributed by atoms with Gasteiger partial charge in [0.05, 0.1) is 16.8 Å². The quantitative estimate of drug-likeness (QED) is 0.116. The minimum atomic E-state index is -0.997. The number of halogens is 6. The average molecular weight is 979 g/mol. The molecule has 0 bridgehead atoms. The summed E-state index contributed by atoms with van der Waals surface area (Å²) < 4.78 is 43.2. The maximum atomic E-state index is 14.4. The molecule has 7 aromatic rings. The molecule has 1 heterocycles. The van der Waals surface area contributed by atoms with E-state index in [1.807, 2.05) is 47.9 Å². The molecule has 0 atom stereocenters. The maximum Gasteiger partial charge on any atom is 0.336 e. The molecule has 1 aromatic heterocycles. The van der Waals surface area contributed by atoms with Gasteiger partial charge in [0.25, 0.3) is 0 Å². The fourth-order valence-corrected chi connectivity index (χ4v) is 7.39. The van der Waals surface area contributed by atoms with Crippen LogP contribution in [0, 0.1) is 18.6 Å². The number of carbonyl (C=O) groups is 3. The third-order valence-electron chi connectivity index (χ3n) is 9.37. The van der Waals surface area contributed by atoms with Gasteiger partial charge < -0.3 is 23.9 Å². The predicted octanol–water partition coefficient (Wildman–Crippen LogP) is 13.8. The third kappa shape index (κ3) is 10.9. The molecule has 0 fully saturated rings. The van der Waals surface area contributed by atoms with Crippen molar-refractivity contribution in [1.29, 1.82) is 0 Å². The highest BCUT2D eigenvalue weighted by Gasteiger charge is 2.19. The average Bonchev–Trinajstić information content (AvgIpc) is 3.60. The highest BCUT2D eigenvalue weighted by molar-refractivity contribution is 9.10. The van der Waals surface area contributed by atoms with Crippen molar-refractivity contribution in [2.45, 2.75) is 39.9 Å². The minimum Gasteiger partial charge on any atom is -0.488 e. The Morgan fingerprint density at radius 2 is 1.28 bits per heavy atom. The number of carboxylic acid groups (broad SMARTS) is 1. The number of carboxylic acids is 1. The predicted molar refractivity (Wildman–Crippen MR) is 238 cm³/mol. The second kappa shape index (κ2) is 19.8. The number of aryl methyl sites for hydroxylation is 1. The van der Waals surface area contributed by atoms with E-state index in [9.17, 15) is 28.3 Å². The monoisotopic (exact) mass is 975 g/mol. The summed E-state index contributed by atoms with van der Waals surface area (Å²) in [4.78, 5) is 35.4. The van der Waals surface area contributed by atoms with Gasteiger partial charge in [-0.05, 0) is 110 Å². The van der Waals surface area contributed by atoms with E-state index in [1.54, 1.807) is 66.7 Å². The molecule has 0 aliphatic rings. The number of hydrogen-bond donors (Lipinski definition) is 1. The number of aromatic carboxylic acids is 1. The van der Waals surface area contributed by atoms with E-state index in [0.717, 1.165) is 16.8 Å². The largest absolute Gasteiger partial charge is 0.488 e. The second-order valence-corrected chi connectivity index (χ2v) is 16.4. The van der Waals surface area contributed by atoms with Gasteiger partial charge in [-0.15, -0.1) is 0 Å². The molecule has 306 valence electrons. The summed E-state index contributed by atoms with van der Waals surface area (Å²) in [6.45, 7) is 3.39. The Bertz CT molecular complexity index is 2760. The molecule has 0 saturated heterocycles. The van der Waals surface area contributed by atoms with Gasteiger partial charge in [-0.1, -0.05) is 91.5 Å². The number of ether oxygens (including phenoxy) is 2. The molecule has 1 N–H and O–H groups in total. The fourth-order valence-electron chi connectivity index (χ4n) is 6.38. The second-order valence-electron chi connectivity index (χ2n) is 13.7. The smallest absolute Gasteiger partial charge is 0.336 e. The Morgan fingerprint density at radius 3 is 1.90 bits per heavy atom. The Morgan fingerprint density at radius 1 is 0.683 bits per heavy atom. The first kappa shape index (κ1) is 44.2. The van der Waals surface area contributed by atoms with Crippen molar-refractivity contribution in [2.75, 3.05) is 0 Å². The lowest BCUT2D eigenvalue weighted by Gasteiger charge is -2.17. The van der Waals surface area contributed by atoms with E-state index >= 15 is 0 Å². The molecule has 0 aliphatic heterocycles. The molecule has 0 spiro atoms. The number of Topliss-reactive ketones (excluding diaryl/α,β-unsaturated/α-hetero) is 2. The Kier molecular flexibility index (Phi) is 14.6. The van der Waals surface area contributed by atoms with Crippen LogP contribution < -0.4 is 9.47 Å². The molecule has 13 heteroatoms. The number of nitrogens with zero attached hydrogens (tertiary/aromatic N) is 1. The lowest BCUT2D eigenvalue weighted by molar-refractivity contribution is -0.117. The van der Waals surface area contributed by atoms with Gasteiger partial charge in [0.15, 0.2) is 5.78 Å². The first-order valence-corrected chi connectivity index (χ1v) is 20.7. The summed E-state index contributed by atoms with van der Waals surface area (Å²) in [7, 11) is 0. The molecule has 0 unspecified atom stereocenters. The Balaban J connectivity index is 0.000000219. The Hall–Kier alpha value is -5.33. The van der Waals surface area contributed by atoms with Crippen LogP contribution in [0.2, 0.25) is 10.0 Å². The highest BCUT2D eigenvalue weighted by Crippen LogP contribution is 2.37. The van der Waals surface area contributed by atoms with Crippen LogP contribution in [0.3, 0.4) is 0 Å². The molecular formula is C47H35Br2Cl2F2NO6. The molecule has 0 amide bonds. The van der Waals surface area contributed by atoms with Crippen LogP contribution in [0.15, 0.2) is 130 Å². The van der Waals surface area contributed by atoms with Crippen molar-refractivity contribution in [3.05, 3.63) is 180 Å². The number of hydrogen-bond acceptors (Lipinski definition) is 5. The summed E-state index contributed by atoms with van der Waals surface area (Å²) in [5.41, 5.74) is 4.39. The van der Waals surface area contributed by atoms with Crippen LogP contribution in [0.4, 0.5) is 8.78 Å². The lowest BCUT2D eigenvalue weighted by Crippen LogP contribution is -2.07. The summed E-state index contributed by atoms with van der Waals surface area (Å²) in [5, 5.41) is 12.3. The minimum absolute atomic E-state index is 0.0201. The van der Waals surface area contributed by atoms with Gasteiger partial charge in [-0.3, -0.25) is 4.79 Å². The van der Waals surface area contributed by atoms with Crippen molar-refractivity contribution in [3.63, 3.8) is 0 Å². The molecule has 0 saturated carbocycles. The SMILES string of the molecule is CC(=O)CCC(=O)c1cc(Cl)ccc1OCc1ccc(Br)cc1F.Cc1ccc(-c2cc(Cl)ccc2OCc2ccc(Br)cc2F)n1-c1cc(C(=O)O)c2ccccc2c1. The molecule has 7 rings (SSSR count). The number of aromatic nitrogens is 1. The van der Waals surface area contributed by atoms with Gasteiger partial charge in [-0.2, -0.15) is 0 Å². The molecular weight excluding hydrogens is 943 g/mol. The summed E-state index contributed by atoms with van der Waals surface area (Å²) in [5.74, 6) is -1.22. The lowest BCUT2D eigenvalue weighted by atomic mass is 10.0. The zero-order valence-corrected chi connectivity index (χ0v) is 36.8. The fraction of sp³-hybridized carbons (Fsp3) is 0.128.